The van der Waals surface area contributed by atoms with E-state index in [-0.39, 0.29) is 0 Å². The largest absolute Gasteiger partial charge is 0.277 e. The Hall–Kier alpha value is -5.88. The first-order valence-electron chi connectivity index (χ1n) is 15.1. The van der Waals surface area contributed by atoms with Crippen LogP contribution >= 0.6 is 0 Å². The third-order valence-corrected chi connectivity index (χ3v) is 10.4. The van der Waals surface area contributed by atoms with Crippen LogP contribution in [-0.2, 0) is 5.79 Å². The maximum absolute atomic E-state index is 5.58. The summed E-state index contributed by atoms with van der Waals surface area (Å²) in [5.74, 6) is 3.10. The zero-order chi connectivity index (χ0) is 28.5. The fraction of sp³-hybridized carbons (Fsp3) is 0.0526. The predicted octanol–water partition coefficient (Wildman–Crippen LogP) is 7.00. The molecule has 6 aromatic carbocycles. The number of benzene rings is 6. The summed E-state index contributed by atoms with van der Waals surface area (Å²) in [5, 5.41) is 11.7. The molecule has 0 fully saturated rings. The third-order valence-electron chi connectivity index (χ3n) is 10.4. The summed E-state index contributed by atoms with van der Waals surface area (Å²) >= 11 is 0. The van der Waals surface area contributed by atoms with Crippen molar-refractivity contribution < 1.29 is 4.58 Å². The highest BCUT2D eigenvalue weighted by atomic mass is 15.6. The van der Waals surface area contributed by atoms with Gasteiger partial charge in [0.25, 0.3) is 17.5 Å². The summed E-state index contributed by atoms with van der Waals surface area (Å²) in [5.41, 5.74) is 4.16. The SMILES string of the molecule is C[C@@]12n3c4c5ccc6ccccc6c5c3N=c3c5ccc6ccccc6c5c(n31)=NC1=[N+]2C(=N4)c2ccc3ccccc3c21. The van der Waals surface area contributed by atoms with Crippen molar-refractivity contribution in [2.24, 2.45) is 15.0 Å². The second-order valence-electron chi connectivity index (χ2n) is 12.4. The van der Waals surface area contributed by atoms with Crippen LogP contribution in [0, 0.1) is 0 Å². The van der Waals surface area contributed by atoms with Gasteiger partial charge in [0.2, 0.25) is 11.3 Å². The normalized spacial score (nSPS) is 18.6. The van der Waals surface area contributed by atoms with Gasteiger partial charge in [0.1, 0.15) is 5.49 Å². The third kappa shape index (κ3) is 2.14. The molecule has 0 saturated carbocycles. The molecule has 4 aliphatic rings. The van der Waals surface area contributed by atoms with E-state index in [2.05, 4.69) is 130 Å². The van der Waals surface area contributed by atoms with Crippen molar-refractivity contribution in [1.82, 2.24) is 9.13 Å². The zero-order valence-electron chi connectivity index (χ0n) is 23.6. The van der Waals surface area contributed by atoms with Gasteiger partial charge in [-0.3, -0.25) is 0 Å². The van der Waals surface area contributed by atoms with Crippen molar-refractivity contribution in [3.8, 4) is 0 Å². The van der Waals surface area contributed by atoms with Gasteiger partial charge in [-0.05, 0) is 50.5 Å². The lowest BCUT2D eigenvalue weighted by Gasteiger charge is -2.38. The highest BCUT2D eigenvalue weighted by molar-refractivity contribution is 6.24. The lowest BCUT2D eigenvalue weighted by molar-refractivity contribution is -0.550. The fourth-order valence-corrected chi connectivity index (χ4v) is 8.55. The standard InChI is InChI=1S/C38H21N6/c1-38-42-32-26-17-14-20-8-2-5-11-23(20)29(26)35(42)40-34-28-19-16-22-10-4-7-13-25(22)31(28)37(44(34)38)41-36-30-24-12-6-3-9-21(24)15-18-27(30)33(39-32)43(36)38/h2-19H,1H3/q+1/t38-/m0/s1. The summed E-state index contributed by atoms with van der Waals surface area (Å²) in [6.45, 7) is 2.32. The highest BCUT2D eigenvalue weighted by Gasteiger charge is 2.57. The number of hydrogen-bond acceptors (Lipinski definition) is 3. The van der Waals surface area contributed by atoms with Crippen LogP contribution in [-0.4, -0.2) is 25.4 Å². The van der Waals surface area contributed by atoms with E-state index in [1.807, 2.05) is 0 Å². The lowest BCUT2D eigenvalue weighted by atomic mass is 9.99. The Morgan fingerprint density at radius 2 is 1.16 bits per heavy atom. The van der Waals surface area contributed by atoms with E-state index >= 15 is 0 Å². The number of hydrogen-bond donors (Lipinski definition) is 0. The maximum atomic E-state index is 5.58. The number of nitrogens with zero attached hydrogens (tertiary/aromatic N) is 6. The number of rotatable bonds is 0. The quantitative estimate of drug-likeness (QED) is 0.179. The van der Waals surface area contributed by atoms with Crippen LogP contribution in [0.1, 0.15) is 18.1 Å². The molecule has 6 nitrogen and oxygen atoms in total. The van der Waals surface area contributed by atoms with E-state index < -0.39 is 5.79 Å². The Balaban J connectivity index is 1.41. The molecule has 2 aromatic heterocycles. The number of aliphatic imine (C=N–C) groups is 1. The monoisotopic (exact) mass is 561 g/mol. The minimum absolute atomic E-state index is 0.689. The second-order valence-corrected chi connectivity index (χ2v) is 12.4. The molecule has 0 N–H and O–H groups in total. The molecule has 6 heteroatoms. The van der Waals surface area contributed by atoms with Crippen molar-refractivity contribution in [2.45, 2.75) is 12.7 Å². The molecule has 12 rings (SSSR count). The van der Waals surface area contributed by atoms with Crippen molar-refractivity contribution in [1.29, 1.82) is 0 Å². The minimum Gasteiger partial charge on any atom is -0.240 e. The van der Waals surface area contributed by atoms with Crippen LogP contribution in [0.15, 0.2) is 124 Å². The molecule has 0 radical (unpaired) electrons. The van der Waals surface area contributed by atoms with Crippen molar-refractivity contribution in [2.75, 3.05) is 0 Å². The van der Waals surface area contributed by atoms with Gasteiger partial charge < -0.3 is 0 Å². The molecular weight excluding hydrogens is 540 g/mol. The van der Waals surface area contributed by atoms with E-state index in [0.717, 1.165) is 67.0 Å². The van der Waals surface area contributed by atoms with Gasteiger partial charge in [0.15, 0.2) is 5.82 Å². The first kappa shape index (κ1) is 21.8. The summed E-state index contributed by atoms with van der Waals surface area (Å²) < 4.78 is 7.11. The van der Waals surface area contributed by atoms with Crippen LogP contribution in [0.2, 0.25) is 0 Å². The highest BCUT2D eigenvalue weighted by Crippen LogP contribution is 2.51. The second kappa shape index (κ2) is 6.84. The minimum atomic E-state index is -0.689. The number of aromatic nitrogens is 2. The Morgan fingerprint density at radius 3 is 1.93 bits per heavy atom. The van der Waals surface area contributed by atoms with Gasteiger partial charge >= 0.3 is 0 Å². The predicted molar refractivity (Wildman–Crippen MR) is 174 cm³/mol. The molecule has 6 heterocycles. The molecule has 0 aliphatic carbocycles. The van der Waals surface area contributed by atoms with Gasteiger partial charge in [-0.1, -0.05) is 101 Å². The maximum Gasteiger partial charge on any atom is 0.277 e. The van der Waals surface area contributed by atoms with Gasteiger partial charge in [0, 0.05) is 23.1 Å². The lowest BCUT2D eigenvalue weighted by Crippen LogP contribution is -2.62. The summed E-state index contributed by atoms with van der Waals surface area (Å²) in [4.78, 5) is 16.6. The van der Waals surface area contributed by atoms with E-state index in [9.17, 15) is 0 Å². The molecule has 0 bridgehead atoms. The molecule has 8 aromatic rings. The molecule has 1 atom stereocenters. The van der Waals surface area contributed by atoms with E-state index in [1.165, 1.54) is 32.3 Å². The zero-order valence-corrected chi connectivity index (χ0v) is 23.6. The Morgan fingerprint density at radius 1 is 0.523 bits per heavy atom. The topological polar surface area (TPSA) is 49.9 Å². The Bertz CT molecular complexity index is 2950. The van der Waals surface area contributed by atoms with Crippen molar-refractivity contribution in [3.05, 3.63) is 131 Å². The van der Waals surface area contributed by atoms with Crippen LogP contribution in [0.4, 0.5) is 11.6 Å². The molecule has 202 valence electrons. The summed E-state index contributed by atoms with van der Waals surface area (Å²) in [6.07, 6.45) is 0. The molecule has 44 heavy (non-hydrogen) atoms. The molecule has 0 amide bonds. The summed E-state index contributed by atoms with van der Waals surface area (Å²) in [6, 6.07) is 39.2. The van der Waals surface area contributed by atoms with Gasteiger partial charge in [0.05, 0.1) is 16.5 Å². The van der Waals surface area contributed by atoms with Crippen molar-refractivity contribution >= 4 is 77.2 Å². The van der Waals surface area contributed by atoms with E-state index in [1.54, 1.807) is 0 Å². The molecule has 0 unspecified atom stereocenters. The average molecular weight is 562 g/mol. The van der Waals surface area contributed by atoms with Crippen LogP contribution in [0.3, 0.4) is 0 Å². The fourth-order valence-electron chi connectivity index (χ4n) is 8.55. The molecule has 0 saturated heterocycles. The van der Waals surface area contributed by atoms with Gasteiger partial charge in [-0.2, -0.15) is 4.58 Å². The smallest absolute Gasteiger partial charge is 0.240 e. The van der Waals surface area contributed by atoms with E-state index in [4.69, 9.17) is 15.0 Å². The van der Waals surface area contributed by atoms with Crippen LogP contribution < -0.4 is 11.0 Å². The van der Waals surface area contributed by atoms with Crippen molar-refractivity contribution in [3.63, 3.8) is 0 Å². The van der Waals surface area contributed by atoms with Crippen LogP contribution in [0.25, 0.3) is 53.9 Å². The molecule has 4 aliphatic heterocycles. The first-order valence-corrected chi connectivity index (χ1v) is 15.1. The summed E-state index contributed by atoms with van der Waals surface area (Å²) in [7, 11) is 0. The van der Waals surface area contributed by atoms with Gasteiger partial charge in [-0.15, -0.1) is 0 Å². The Kier molecular flexibility index (Phi) is 3.39. The molecule has 0 spiro atoms. The molecular formula is C38H21N6+. The number of amidine groups is 2. The average Bonchev–Trinajstić information content (AvgIpc) is 3.70. The van der Waals surface area contributed by atoms with Gasteiger partial charge in [-0.25, -0.2) is 14.1 Å². The first-order chi connectivity index (χ1) is 21.7. The van der Waals surface area contributed by atoms with Crippen LogP contribution in [0.5, 0.6) is 0 Å². The Labute approximate surface area is 249 Å². The van der Waals surface area contributed by atoms with E-state index in [0.29, 0.717) is 0 Å². The number of fused-ring (bicyclic) bond motifs is 15.